The molecule has 1 aromatic heterocycles. The third-order valence-corrected chi connectivity index (χ3v) is 7.88. The van der Waals surface area contributed by atoms with Crippen molar-refractivity contribution in [2.24, 2.45) is 28.6 Å². The molecule has 0 unspecified atom stereocenters. The molecule has 6 nitrogen and oxygen atoms in total. The van der Waals surface area contributed by atoms with Gasteiger partial charge >= 0.3 is 11.9 Å². The van der Waals surface area contributed by atoms with Crippen molar-refractivity contribution in [3.63, 3.8) is 0 Å². The van der Waals surface area contributed by atoms with Gasteiger partial charge in [-0.2, -0.15) is 0 Å². The fraction of sp³-hybridized carbons (Fsp3) is 0.667. The molecular weight excluding hydrogens is 384 g/mol. The van der Waals surface area contributed by atoms with Crippen molar-refractivity contribution in [2.45, 2.75) is 51.0 Å². The van der Waals surface area contributed by atoms with E-state index in [1.807, 2.05) is 13.8 Å². The molecule has 3 fully saturated rings. The van der Waals surface area contributed by atoms with Crippen LogP contribution in [0.3, 0.4) is 0 Å². The van der Waals surface area contributed by atoms with Gasteiger partial charge in [0.1, 0.15) is 6.10 Å². The fourth-order valence-corrected chi connectivity index (χ4v) is 6.45. The lowest BCUT2D eigenvalue weighted by atomic mass is 9.43. The Kier molecular flexibility index (Phi) is 4.60. The van der Waals surface area contributed by atoms with Gasteiger partial charge in [0.2, 0.25) is 0 Å². The summed E-state index contributed by atoms with van der Waals surface area (Å²) < 4.78 is 15.9. The number of esters is 2. The number of ketones is 1. The Labute approximate surface area is 168 Å². The quantitative estimate of drug-likeness (QED) is 0.548. The van der Waals surface area contributed by atoms with Gasteiger partial charge < -0.3 is 13.9 Å². The Morgan fingerprint density at radius 1 is 1.29 bits per heavy atom. The molecule has 4 rings (SSSR count). The first kappa shape index (κ1) is 19.5. The number of hydrogen-bond donors (Lipinski definition) is 0. The minimum absolute atomic E-state index is 0.0721. The minimum atomic E-state index is -0.761. The zero-order valence-corrected chi connectivity index (χ0v) is 17.0. The van der Waals surface area contributed by atoms with Crippen LogP contribution in [-0.2, 0) is 23.9 Å². The number of methoxy groups -OCH3 is 1. The molecule has 7 heteroatoms. The molecule has 152 valence electrons. The van der Waals surface area contributed by atoms with Crippen molar-refractivity contribution in [1.82, 2.24) is 0 Å². The van der Waals surface area contributed by atoms with E-state index in [0.29, 0.717) is 19.3 Å². The van der Waals surface area contributed by atoms with Crippen LogP contribution in [0, 0.1) is 28.6 Å². The zero-order valence-electron chi connectivity index (χ0n) is 16.3. The average molecular weight is 409 g/mol. The Morgan fingerprint density at radius 2 is 2.04 bits per heavy atom. The molecular formula is C21H25ClO6. The molecule has 0 aromatic carbocycles. The van der Waals surface area contributed by atoms with Crippen LogP contribution in [0.5, 0.6) is 0 Å². The number of carbonyl (C=O) groups is 3. The van der Waals surface area contributed by atoms with E-state index in [1.165, 1.54) is 13.4 Å². The summed E-state index contributed by atoms with van der Waals surface area (Å²) in [5.74, 6) is -2.07. The lowest BCUT2D eigenvalue weighted by molar-refractivity contribution is -0.202. The van der Waals surface area contributed by atoms with Crippen LogP contribution >= 0.6 is 11.6 Å². The van der Waals surface area contributed by atoms with Crippen molar-refractivity contribution in [2.75, 3.05) is 7.11 Å². The van der Waals surface area contributed by atoms with Crippen molar-refractivity contribution < 1.29 is 28.3 Å². The number of ether oxygens (including phenoxy) is 2. The number of alkyl halides is 1. The Bertz CT molecular complexity index is 804. The minimum Gasteiger partial charge on any atom is -0.472 e. The maximum atomic E-state index is 13.3. The molecule has 0 bridgehead atoms. The number of rotatable bonds is 2. The van der Waals surface area contributed by atoms with Crippen LogP contribution in [0.2, 0.25) is 0 Å². The van der Waals surface area contributed by atoms with Gasteiger partial charge in [0.25, 0.3) is 0 Å². The van der Waals surface area contributed by atoms with Crippen LogP contribution in [0.15, 0.2) is 23.0 Å². The number of hydrogen-bond acceptors (Lipinski definition) is 6. The third-order valence-electron chi connectivity index (χ3n) is 7.49. The van der Waals surface area contributed by atoms with Crippen molar-refractivity contribution in [1.29, 1.82) is 0 Å². The van der Waals surface area contributed by atoms with Gasteiger partial charge in [-0.3, -0.25) is 14.4 Å². The molecule has 2 saturated carbocycles. The first-order valence-electron chi connectivity index (χ1n) is 9.70. The van der Waals surface area contributed by atoms with Crippen LogP contribution < -0.4 is 0 Å². The second kappa shape index (κ2) is 6.61. The van der Waals surface area contributed by atoms with Gasteiger partial charge in [0.05, 0.1) is 36.8 Å². The van der Waals surface area contributed by atoms with Crippen LogP contribution in [0.4, 0.5) is 0 Å². The number of Topliss-reactive ketones (excluding diaryl/α,β-unsaturated/α-hetero) is 1. The van der Waals surface area contributed by atoms with Crippen LogP contribution in [0.1, 0.15) is 51.2 Å². The van der Waals surface area contributed by atoms with Crippen molar-refractivity contribution in [3.8, 4) is 0 Å². The summed E-state index contributed by atoms with van der Waals surface area (Å²) in [6.45, 7) is 3.96. The van der Waals surface area contributed by atoms with Gasteiger partial charge in [0.15, 0.2) is 5.78 Å². The van der Waals surface area contributed by atoms with E-state index in [0.717, 1.165) is 5.56 Å². The molecule has 0 amide bonds. The highest BCUT2D eigenvalue weighted by Gasteiger charge is 2.67. The number of cyclic esters (lactones) is 1. The predicted molar refractivity (Wildman–Crippen MR) is 99.4 cm³/mol. The molecule has 3 aliphatic rings. The van der Waals surface area contributed by atoms with E-state index < -0.39 is 40.1 Å². The molecule has 2 heterocycles. The molecule has 2 aliphatic carbocycles. The molecule has 0 N–H and O–H groups in total. The maximum Gasteiger partial charge on any atom is 0.310 e. The van der Waals surface area contributed by atoms with E-state index in [2.05, 4.69) is 0 Å². The largest absolute Gasteiger partial charge is 0.472 e. The maximum absolute atomic E-state index is 13.3. The van der Waals surface area contributed by atoms with E-state index in [4.69, 9.17) is 25.5 Å². The normalized spacial score (nSPS) is 42.9. The smallest absolute Gasteiger partial charge is 0.310 e. The summed E-state index contributed by atoms with van der Waals surface area (Å²) >= 11 is 6.42. The van der Waals surface area contributed by atoms with E-state index in [9.17, 15) is 14.4 Å². The highest BCUT2D eigenvalue weighted by Crippen LogP contribution is 2.65. The predicted octanol–water partition coefficient (Wildman–Crippen LogP) is 3.68. The first-order chi connectivity index (χ1) is 13.2. The van der Waals surface area contributed by atoms with E-state index >= 15 is 0 Å². The summed E-state index contributed by atoms with van der Waals surface area (Å²) in [5, 5.41) is -0.761. The Hall–Kier alpha value is -1.82. The highest BCUT2D eigenvalue weighted by molar-refractivity contribution is 6.32. The van der Waals surface area contributed by atoms with Crippen LogP contribution in [-0.4, -0.2) is 30.2 Å². The lowest BCUT2D eigenvalue weighted by Gasteiger charge is -2.60. The molecule has 7 atom stereocenters. The van der Waals surface area contributed by atoms with Crippen molar-refractivity contribution in [3.05, 3.63) is 24.2 Å². The summed E-state index contributed by atoms with van der Waals surface area (Å²) in [4.78, 5) is 38.8. The zero-order chi connectivity index (χ0) is 20.3. The summed E-state index contributed by atoms with van der Waals surface area (Å²) in [7, 11) is 1.36. The van der Waals surface area contributed by atoms with Gasteiger partial charge in [-0.25, -0.2) is 0 Å². The van der Waals surface area contributed by atoms with Gasteiger partial charge in [-0.15, -0.1) is 11.6 Å². The number of furan rings is 1. The van der Waals surface area contributed by atoms with Gasteiger partial charge in [-0.05, 0) is 42.6 Å². The third kappa shape index (κ3) is 2.64. The number of carbonyl (C=O) groups excluding carboxylic acids is 3. The molecule has 0 radical (unpaired) electrons. The average Bonchev–Trinajstić information content (AvgIpc) is 3.18. The highest BCUT2D eigenvalue weighted by atomic mass is 35.5. The van der Waals surface area contributed by atoms with Crippen LogP contribution in [0.25, 0.3) is 0 Å². The van der Waals surface area contributed by atoms with E-state index in [1.54, 1.807) is 12.3 Å². The van der Waals surface area contributed by atoms with Gasteiger partial charge in [0, 0.05) is 11.5 Å². The fourth-order valence-electron chi connectivity index (χ4n) is 6.14. The second-order valence-electron chi connectivity index (χ2n) is 8.90. The monoisotopic (exact) mass is 408 g/mol. The summed E-state index contributed by atoms with van der Waals surface area (Å²) in [6.07, 6.45) is 4.55. The molecule has 1 aromatic rings. The Balaban J connectivity index is 1.79. The van der Waals surface area contributed by atoms with Gasteiger partial charge in [-0.1, -0.05) is 13.8 Å². The summed E-state index contributed by atoms with van der Waals surface area (Å²) in [6, 6.07) is 1.77. The number of halogens is 1. The topological polar surface area (TPSA) is 82.8 Å². The lowest BCUT2D eigenvalue weighted by Crippen LogP contribution is -2.63. The Morgan fingerprint density at radius 3 is 2.68 bits per heavy atom. The standard InChI is InChI=1S/C21H25ClO6/c1-20-6-4-12-19(25)28-15(11-5-7-27-10-11)9-21(12,2)17(20)16(23)14(22)8-13(20)18(24)26-3/h5,7,10,12-15,17H,4,6,8-9H2,1-3H3/t12-,13-,14-,15-,17-,20-,21-/m0/s1. The summed E-state index contributed by atoms with van der Waals surface area (Å²) in [5.41, 5.74) is -0.476. The molecule has 0 spiro atoms. The number of fused-ring (bicyclic) bond motifs is 3. The molecule has 28 heavy (non-hydrogen) atoms. The van der Waals surface area contributed by atoms with Crippen molar-refractivity contribution >= 4 is 29.3 Å². The first-order valence-corrected chi connectivity index (χ1v) is 10.1. The van der Waals surface area contributed by atoms with E-state index in [-0.39, 0.29) is 24.1 Å². The second-order valence-corrected chi connectivity index (χ2v) is 9.43. The molecule has 1 aliphatic heterocycles. The molecule has 1 saturated heterocycles. The SMILES string of the molecule is COC(=O)[C@@H]1C[C@H](Cl)C(=O)[C@H]2[C@@]1(C)CC[C@H]1C(=O)O[C@H](c3ccoc3)C[C@]21C.